The summed E-state index contributed by atoms with van der Waals surface area (Å²) in [5.41, 5.74) is 0. The minimum absolute atomic E-state index is 0.0891. The van der Waals surface area contributed by atoms with Gasteiger partial charge in [0, 0.05) is 15.7 Å². The van der Waals surface area contributed by atoms with Gasteiger partial charge < -0.3 is 14.6 Å². The van der Waals surface area contributed by atoms with Gasteiger partial charge in [0.25, 0.3) is 5.91 Å². The molecule has 0 spiro atoms. The van der Waals surface area contributed by atoms with Crippen LogP contribution in [-0.4, -0.2) is 56.6 Å². The molecule has 1 aromatic heterocycles. The Bertz CT molecular complexity index is 754. The van der Waals surface area contributed by atoms with Gasteiger partial charge in [-0.2, -0.15) is 0 Å². The quantitative estimate of drug-likeness (QED) is 0.364. The molecule has 0 unspecified atom stereocenters. The number of aryl methyl sites for hydroxylation is 1. The molecule has 146 valence electrons. The van der Waals surface area contributed by atoms with Crippen molar-refractivity contribution in [2.75, 3.05) is 18.5 Å². The summed E-state index contributed by atoms with van der Waals surface area (Å²) < 4.78 is 9.67. The maximum Gasteiger partial charge on any atom is 0.326 e. The first-order valence-corrected chi connectivity index (χ1v) is 10.1. The number of ether oxygens (including phenoxy) is 1. The predicted octanol–water partition coefficient (Wildman–Crippen LogP) is 1.39. The monoisotopic (exact) mass is 505 g/mol. The van der Waals surface area contributed by atoms with Crippen LogP contribution in [0.1, 0.15) is 18.6 Å². The molecular weight excluding hydrogens is 490 g/mol. The van der Waals surface area contributed by atoms with Crippen LogP contribution >= 0.6 is 31.9 Å². The zero-order valence-electron chi connectivity index (χ0n) is 14.3. The summed E-state index contributed by atoms with van der Waals surface area (Å²) in [4.78, 5) is 49.8. The van der Waals surface area contributed by atoms with Crippen LogP contribution in [-0.2, 0) is 23.9 Å². The molecule has 3 amide bonds. The Morgan fingerprint density at radius 3 is 2.37 bits per heavy atom. The highest BCUT2D eigenvalue weighted by Gasteiger charge is 2.52. The summed E-state index contributed by atoms with van der Waals surface area (Å²) in [5, 5.41) is 5.99. The normalized spacial score (nSPS) is 27.4. The topological polar surface area (TPSA) is 119 Å². The molecule has 1 N–H and O–H groups in total. The molecule has 11 heteroatoms. The smallest absolute Gasteiger partial charge is 0.326 e. The fourth-order valence-electron chi connectivity index (χ4n) is 3.24. The second kappa shape index (κ2) is 8.09. The zero-order chi connectivity index (χ0) is 19.7. The van der Waals surface area contributed by atoms with Gasteiger partial charge in [0.15, 0.2) is 12.4 Å². The number of halogens is 2. The number of nitrogens with zero attached hydrogens (tertiary/aromatic N) is 2. The van der Waals surface area contributed by atoms with E-state index in [1.165, 1.54) is 6.07 Å². The van der Waals surface area contributed by atoms with E-state index in [1.54, 1.807) is 6.92 Å². The van der Waals surface area contributed by atoms with Crippen molar-refractivity contribution in [2.45, 2.75) is 29.4 Å². The maximum atomic E-state index is 12.5. The van der Waals surface area contributed by atoms with Crippen molar-refractivity contribution in [1.29, 1.82) is 0 Å². The molecule has 4 atom stereocenters. The number of hydrogen-bond donors (Lipinski definition) is 1. The molecule has 2 heterocycles. The van der Waals surface area contributed by atoms with Gasteiger partial charge in [-0.05, 0) is 19.8 Å². The first-order chi connectivity index (χ1) is 12.8. The molecule has 2 fully saturated rings. The second-order valence-electron chi connectivity index (χ2n) is 6.51. The van der Waals surface area contributed by atoms with Crippen molar-refractivity contribution < 1.29 is 28.4 Å². The zero-order valence-corrected chi connectivity index (χ0v) is 17.5. The molecule has 9 nitrogen and oxygen atoms in total. The van der Waals surface area contributed by atoms with Gasteiger partial charge in [-0.1, -0.05) is 37.0 Å². The van der Waals surface area contributed by atoms with E-state index in [4.69, 9.17) is 9.26 Å². The van der Waals surface area contributed by atoms with E-state index in [9.17, 15) is 19.2 Å². The molecule has 0 bridgehead atoms. The number of nitrogens with one attached hydrogen (secondary N) is 1. The largest absolute Gasteiger partial charge is 0.454 e. The number of hydrogen-bond acceptors (Lipinski definition) is 7. The number of likely N-dealkylation sites (tertiary alicyclic amines) is 1. The van der Waals surface area contributed by atoms with Crippen LogP contribution in [0.15, 0.2) is 10.6 Å². The summed E-state index contributed by atoms with van der Waals surface area (Å²) in [6.45, 7) is 0.613. The number of alkyl halides is 2. The highest BCUT2D eigenvalue weighted by atomic mass is 79.9. The molecule has 3 rings (SSSR count). The lowest BCUT2D eigenvalue weighted by atomic mass is 9.81. The molecule has 1 saturated heterocycles. The summed E-state index contributed by atoms with van der Waals surface area (Å²) in [6.07, 6.45) is 1.05. The molecule has 0 aromatic carbocycles. The lowest BCUT2D eigenvalue weighted by Crippen LogP contribution is -2.37. The number of amides is 3. The van der Waals surface area contributed by atoms with Gasteiger partial charge in [-0.25, -0.2) is 0 Å². The molecule has 1 aliphatic heterocycles. The van der Waals surface area contributed by atoms with Gasteiger partial charge in [0.05, 0.1) is 11.8 Å². The Kier molecular flexibility index (Phi) is 5.99. The number of rotatable bonds is 5. The van der Waals surface area contributed by atoms with E-state index >= 15 is 0 Å². The standard InChI is InChI=1S/C16H17Br2N3O6/c1-7-2-12(20-27-7)19-13(22)6-26-14(23)5-21-15(24)8-3-10(17)11(18)4-9(8)16(21)25/h2,8-11H,3-6H2,1H3,(H,19,20,22)/t8-,9-,10-,11+/m1/s1. The highest BCUT2D eigenvalue weighted by Crippen LogP contribution is 2.43. The molecule has 1 aliphatic carbocycles. The van der Waals surface area contributed by atoms with Crippen LogP contribution in [0, 0.1) is 18.8 Å². The number of aromatic nitrogens is 1. The molecule has 0 radical (unpaired) electrons. The van der Waals surface area contributed by atoms with Crippen molar-refractivity contribution >= 4 is 61.4 Å². The predicted molar refractivity (Wildman–Crippen MR) is 99.2 cm³/mol. The fraction of sp³-hybridized carbons (Fsp3) is 0.562. The Labute approximate surface area is 171 Å². The number of anilines is 1. The number of fused-ring (bicyclic) bond motifs is 1. The molecule has 1 saturated carbocycles. The highest BCUT2D eigenvalue weighted by molar-refractivity contribution is 9.12. The van der Waals surface area contributed by atoms with Gasteiger partial charge in [0.2, 0.25) is 11.8 Å². The third-order valence-corrected chi connectivity index (χ3v) is 7.28. The van der Waals surface area contributed by atoms with Crippen LogP contribution in [0.25, 0.3) is 0 Å². The average Bonchev–Trinajstić information content (AvgIpc) is 3.11. The first kappa shape index (κ1) is 20.0. The van der Waals surface area contributed by atoms with Crippen molar-refractivity contribution in [1.82, 2.24) is 10.1 Å². The molecule has 27 heavy (non-hydrogen) atoms. The lowest BCUT2D eigenvalue weighted by Gasteiger charge is -2.29. The summed E-state index contributed by atoms with van der Waals surface area (Å²) in [6, 6.07) is 1.51. The number of carbonyl (C=O) groups is 4. The van der Waals surface area contributed by atoms with Crippen LogP contribution in [0.2, 0.25) is 0 Å². The second-order valence-corrected chi connectivity index (χ2v) is 8.86. The van der Waals surface area contributed by atoms with Crippen molar-refractivity contribution in [3.63, 3.8) is 0 Å². The third-order valence-electron chi connectivity index (χ3n) is 4.55. The Hall–Kier alpha value is -1.75. The van der Waals surface area contributed by atoms with E-state index in [0.717, 1.165) is 4.90 Å². The minimum atomic E-state index is -0.826. The van der Waals surface area contributed by atoms with Crippen LogP contribution < -0.4 is 5.32 Å². The summed E-state index contributed by atoms with van der Waals surface area (Å²) in [5.74, 6) is -2.30. The minimum Gasteiger partial charge on any atom is -0.454 e. The van der Waals surface area contributed by atoms with Crippen molar-refractivity contribution in [3.05, 3.63) is 11.8 Å². The SMILES string of the molecule is Cc1cc(NC(=O)COC(=O)CN2C(=O)[C@@H]3C[C@@H](Br)[C@@H](Br)C[C@H]3C2=O)no1. The van der Waals surface area contributed by atoms with E-state index in [0.29, 0.717) is 18.6 Å². The van der Waals surface area contributed by atoms with Crippen LogP contribution in [0.5, 0.6) is 0 Å². The number of carbonyl (C=O) groups excluding carboxylic acids is 4. The summed E-state index contributed by atoms with van der Waals surface area (Å²) >= 11 is 7.00. The van der Waals surface area contributed by atoms with Gasteiger partial charge in [0.1, 0.15) is 12.3 Å². The average molecular weight is 507 g/mol. The van der Waals surface area contributed by atoms with E-state index in [1.807, 2.05) is 0 Å². The van der Waals surface area contributed by atoms with Crippen LogP contribution in [0.3, 0.4) is 0 Å². The van der Waals surface area contributed by atoms with Gasteiger partial charge in [-0.3, -0.25) is 24.1 Å². The van der Waals surface area contributed by atoms with E-state index < -0.39 is 36.9 Å². The fourth-order valence-corrected chi connectivity index (χ4v) is 4.48. The van der Waals surface area contributed by atoms with Crippen LogP contribution in [0.4, 0.5) is 5.82 Å². The Morgan fingerprint density at radius 2 is 1.85 bits per heavy atom. The van der Waals surface area contributed by atoms with Gasteiger partial charge >= 0.3 is 5.97 Å². The number of esters is 1. The molecule has 1 aromatic rings. The molecule has 2 aliphatic rings. The molecular formula is C16H17Br2N3O6. The van der Waals surface area contributed by atoms with E-state index in [-0.39, 0.29) is 27.3 Å². The Morgan fingerprint density at radius 1 is 1.26 bits per heavy atom. The number of imide groups is 1. The lowest BCUT2D eigenvalue weighted by molar-refractivity contribution is -0.154. The Balaban J connectivity index is 1.51. The first-order valence-electron chi connectivity index (χ1n) is 8.28. The summed E-state index contributed by atoms with van der Waals surface area (Å²) in [7, 11) is 0. The van der Waals surface area contributed by atoms with Gasteiger partial charge in [-0.15, -0.1) is 0 Å². The third kappa shape index (κ3) is 4.40. The van der Waals surface area contributed by atoms with Crippen molar-refractivity contribution in [2.24, 2.45) is 11.8 Å². The van der Waals surface area contributed by atoms with Crippen molar-refractivity contribution in [3.8, 4) is 0 Å². The van der Waals surface area contributed by atoms with E-state index in [2.05, 4.69) is 42.3 Å². The maximum absolute atomic E-state index is 12.5.